The molecule has 3 aromatic carbocycles. The van der Waals surface area contributed by atoms with Gasteiger partial charge in [-0.15, -0.1) is 0 Å². The van der Waals surface area contributed by atoms with Gasteiger partial charge in [0.15, 0.2) is 0 Å². The van der Waals surface area contributed by atoms with Gasteiger partial charge in [-0.3, -0.25) is 0 Å². The zero-order chi connectivity index (χ0) is 16.5. The van der Waals surface area contributed by atoms with Gasteiger partial charge in [-0.2, -0.15) is 4.57 Å². The summed E-state index contributed by atoms with van der Waals surface area (Å²) < 4.78 is 2.28. The number of rotatable bonds is 2. The Balaban J connectivity index is 1.88. The molecule has 0 saturated carbocycles. The highest BCUT2D eigenvalue weighted by Crippen LogP contribution is 2.26. The molecule has 116 valence electrons. The van der Waals surface area contributed by atoms with Crippen molar-refractivity contribution >= 4 is 10.9 Å². The van der Waals surface area contributed by atoms with Gasteiger partial charge in [0.2, 0.25) is 11.2 Å². The van der Waals surface area contributed by atoms with Gasteiger partial charge in [-0.1, -0.05) is 48.5 Å². The molecule has 0 aliphatic carbocycles. The normalized spacial score (nSPS) is 10.9. The summed E-state index contributed by atoms with van der Waals surface area (Å²) in [4.78, 5) is 0. The molecule has 0 amide bonds. The number of nitrogens with zero attached hydrogens (tertiary/aromatic N) is 1. The Morgan fingerprint density at radius 1 is 0.667 bits per heavy atom. The van der Waals surface area contributed by atoms with Crippen LogP contribution >= 0.6 is 0 Å². The second-order valence-electron chi connectivity index (χ2n) is 6.23. The summed E-state index contributed by atoms with van der Waals surface area (Å²) in [5, 5.41) is 1.26. The van der Waals surface area contributed by atoms with E-state index < -0.39 is 0 Å². The Morgan fingerprint density at radius 3 is 2.21 bits per heavy atom. The molecule has 1 aromatic heterocycles. The smallest absolute Gasteiger partial charge is 0.194 e. The van der Waals surface area contributed by atoms with E-state index in [1.165, 1.54) is 38.9 Å². The lowest BCUT2D eigenvalue weighted by molar-refractivity contribution is -0.633. The molecule has 1 heterocycles. The van der Waals surface area contributed by atoms with Gasteiger partial charge in [-0.05, 0) is 47.9 Å². The van der Waals surface area contributed by atoms with Crippen LogP contribution in [0.5, 0.6) is 0 Å². The number of hydrogen-bond donors (Lipinski definition) is 0. The van der Waals surface area contributed by atoms with Crippen molar-refractivity contribution in [1.29, 1.82) is 0 Å². The van der Waals surface area contributed by atoms with E-state index in [4.69, 9.17) is 0 Å². The standard InChI is InChI=1S/C23H20N/c1-17-8-6-7-11-21(17)23-15-13-20-16-19(12-14-22(20)24(23)2)18-9-4-3-5-10-18/h3-16H,1-2H3/q+1. The zero-order valence-corrected chi connectivity index (χ0v) is 14.0. The molecular formula is C23H20N+. The van der Waals surface area contributed by atoms with E-state index in [9.17, 15) is 0 Å². The Labute approximate surface area is 142 Å². The highest BCUT2D eigenvalue weighted by molar-refractivity contribution is 5.83. The summed E-state index contributed by atoms with van der Waals surface area (Å²) in [7, 11) is 2.15. The highest BCUT2D eigenvalue weighted by atomic mass is 14.9. The number of aromatic nitrogens is 1. The van der Waals surface area contributed by atoms with Crippen molar-refractivity contribution in [2.24, 2.45) is 7.05 Å². The average molecular weight is 310 g/mol. The largest absolute Gasteiger partial charge is 0.213 e. The predicted octanol–water partition coefficient (Wildman–Crippen LogP) is 5.31. The molecule has 0 spiro atoms. The Morgan fingerprint density at radius 2 is 1.42 bits per heavy atom. The third kappa shape index (κ3) is 2.48. The average Bonchev–Trinajstić information content (AvgIpc) is 2.63. The molecule has 4 aromatic rings. The fourth-order valence-corrected chi connectivity index (χ4v) is 3.34. The number of aryl methyl sites for hydroxylation is 2. The van der Waals surface area contributed by atoms with Crippen LogP contribution in [0.3, 0.4) is 0 Å². The third-order valence-corrected chi connectivity index (χ3v) is 4.70. The minimum absolute atomic E-state index is 1.24. The minimum Gasteiger partial charge on any atom is -0.194 e. The highest BCUT2D eigenvalue weighted by Gasteiger charge is 2.15. The van der Waals surface area contributed by atoms with Crippen molar-refractivity contribution in [3.63, 3.8) is 0 Å². The minimum atomic E-state index is 1.24. The zero-order valence-electron chi connectivity index (χ0n) is 14.0. The van der Waals surface area contributed by atoms with Crippen molar-refractivity contribution in [3.8, 4) is 22.4 Å². The van der Waals surface area contributed by atoms with Crippen LogP contribution in [0.1, 0.15) is 5.56 Å². The van der Waals surface area contributed by atoms with Crippen molar-refractivity contribution in [2.75, 3.05) is 0 Å². The van der Waals surface area contributed by atoms with Gasteiger partial charge in [-0.25, -0.2) is 0 Å². The van der Waals surface area contributed by atoms with Gasteiger partial charge in [0.1, 0.15) is 7.05 Å². The number of fused-ring (bicyclic) bond motifs is 1. The fourth-order valence-electron chi connectivity index (χ4n) is 3.34. The molecule has 0 N–H and O–H groups in total. The van der Waals surface area contributed by atoms with Crippen LogP contribution in [0.15, 0.2) is 84.9 Å². The topological polar surface area (TPSA) is 3.88 Å². The molecule has 1 heteroatoms. The van der Waals surface area contributed by atoms with Crippen molar-refractivity contribution in [1.82, 2.24) is 0 Å². The quantitative estimate of drug-likeness (QED) is 0.442. The van der Waals surface area contributed by atoms with Crippen LogP contribution < -0.4 is 4.57 Å². The summed E-state index contributed by atoms with van der Waals surface area (Å²) >= 11 is 0. The van der Waals surface area contributed by atoms with Crippen molar-refractivity contribution in [3.05, 3.63) is 90.5 Å². The summed E-state index contributed by atoms with van der Waals surface area (Å²) in [5.74, 6) is 0. The monoisotopic (exact) mass is 310 g/mol. The third-order valence-electron chi connectivity index (χ3n) is 4.70. The molecule has 0 aliphatic heterocycles. The first-order valence-electron chi connectivity index (χ1n) is 8.28. The van der Waals surface area contributed by atoms with Gasteiger partial charge >= 0.3 is 0 Å². The van der Waals surface area contributed by atoms with Crippen LogP contribution in [-0.2, 0) is 7.05 Å². The lowest BCUT2D eigenvalue weighted by Crippen LogP contribution is -2.32. The lowest BCUT2D eigenvalue weighted by Gasteiger charge is -2.08. The second-order valence-corrected chi connectivity index (χ2v) is 6.23. The van der Waals surface area contributed by atoms with E-state index >= 15 is 0 Å². The Kier molecular flexibility index (Phi) is 3.62. The maximum absolute atomic E-state index is 2.28. The van der Waals surface area contributed by atoms with E-state index in [2.05, 4.69) is 103 Å². The molecule has 0 saturated heterocycles. The van der Waals surface area contributed by atoms with Crippen LogP contribution in [0, 0.1) is 6.92 Å². The van der Waals surface area contributed by atoms with E-state index in [1.54, 1.807) is 0 Å². The van der Waals surface area contributed by atoms with E-state index in [-0.39, 0.29) is 0 Å². The molecule has 4 rings (SSSR count). The van der Waals surface area contributed by atoms with Crippen LogP contribution in [-0.4, -0.2) is 0 Å². The van der Waals surface area contributed by atoms with Crippen LogP contribution in [0.2, 0.25) is 0 Å². The first-order chi connectivity index (χ1) is 11.7. The van der Waals surface area contributed by atoms with E-state index in [0.29, 0.717) is 0 Å². The SMILES string of the molecule is Cc1ccccc1-c1ccc2cc(-c3ccccc3)ccc2[n+]1C. The maximum Gasteiger partial charge on any atom is 0.213 e. The summed E-state index contributed by atoms with van der Waals surface area (Å²) in [5.41, 5.74) is 7.59. The molecule has 0 radical (unpaired) electrons. The second kappa shape index (κ2) is 5.93. The molecule has 0 atom stereocenters. The first kappa shape index (κ1) is 14.6. The molecular weight excluding hydrogens is 290 g/mol. The Hall–Kier alpha value is -2.93. The van der Waals surface area contributed by atoms with Crippen molar-refractivity contribution in [2.45, 2.75) is 6.92 Å². The lowest BCUT2D eigenvalue weighted by atomic mass is 10.0. The van der Waals surface area contributed by atoms with E-state index in [0.717, 1.165) is 0 Å². The summed E-state index contributed by atoms with van der Waals surface area (Å²) in [6.45, 7) is 2.16. The molecule has 24 heavy (non-hydrogen) atoms. The Bertz CT molecular complexity index is 1020. The van der Waals surface area contributed by atoms with Gasteiger partial charge < -0.3 is 0 Å². The maximum atomic E-state index is 2.28. The predicted molar refractivity (Wildman–Crippen MR) is 101 cm³/mol. The number of benzene rings is 3. The summed E-state index contributed by atoms with van der Waals surface area (Å²) in [6, 6.07) is 30.2. The van der Waals surface area contributed by atoms with Crippen molar-refractivity contribution < 1.29 is 4.57 Å². The van der Waals surface area contributed by atoms with Gasteiger partial charge in [0, 0.05) is 23.1 Å². The molecule has 0 bridgehead atoms. The van der Waals surface area contributed by atoms with E-state index in [1.807, 2.05) is 0 Å². The molecule has 0 aliphatic rings. The van der Waals surface area contributed by atoms with Crippen LogP contribution in [0.4, 0.5) is 0 Å². The number of pyridine rings is 1. The number of hydrogen-bond acceptors (Lipinski definition) is 0. The fraction of sp³-hybridized carbons (Fsp3) is 0.0870. The van der Waals surface area contributed by atoms with Crippen LogP contribution in [0.25, 0.3) is 33.3 Å². The molecule has 0 fully saturated rings. The molecule has 0 unspecified atom stereocenters. The van der Waals surface area contributed by atoms with Gasteiger partial charge in [0.25, 0.3) is 0 Å². The molecule has 1 nitrogen and oxygen atoms in total. The van der Waals surface area contributed by atoms with Gasteiger partial charge in [0.05, 0.1) is 0 Å². The summed E-state index contributed by atoms with van der Waals surface area (Å²) in [6.07, 6.45) is 0. The first-order valence-corrected chi connectivity index (χ1v) is 8.28.